The van der Waals surface area contributed by atoms with Gasteiger partial charge < -0.3 is 21.1 Å². The normalized spacial score (nSPS) is 23.7. The van der Waals surface area contributed by atoms with Crippen LogP contribution in [0.5, 0.6) is 5.88 Å². The third kappa shape index (κ3) is 5.57. The van der Waals surface area contributed by atoms with Crippen molar-refractivity contribution < 1.29 is 18.3 Å². The van der Waals surface area contributed by atoms with E-state index in [4.69, 9.17) is 5.73 Å². The van der Waals surface area contributed by atoms with Gasteiger partial charge in [0, 0.05) is 24.3 Å². The Balaban J connectivity index is 1.47. The predicted molar refractivity (Wildman–Crippen MR) is 116 cm³/mol. The topological polar surface area (TPSA) is 131 Å². The van der Waals surface area contributed by atoms with Crippen LogP contribution in [0.15, 0.2) is 24.5 Å². The van der Waals surface area contributed by atoms with Crippen LogP contribution in [0.4, 0.5) is 20.3 Å². The second kappa shape index (κ2) is 9.70. The molecule has 4 atom stereocenters. The van der Waals surface area contributed by atoms with E-state index in [1.807, 2.05) is 0 Å². The number of amides is 1. The summed E-state index contributed by atoms with van der Waals surface area (Å²) in [7, 11) is 0. The molecule has 4 rings (SSSR count). The number of nitrogens with two attached hydrogens (primary N) is 1. The number of rotatable bonds is 9. The number of carbonyl (C=O) groups is 1. The highest BCUT2D eigenvalue weighted by molar-refractivity contribution is 5.98. The largest absolute Gasteiger partial charge is 0.417 e. The molecule has 0 aromatic carbocycles. The Bertz CT molecular complexity index is 1020. The molecule has 2 aromatic rings. The number of carbonyl (C=O) groups excluding carboxylic acids is 1. The molecule has 0 bridgehead atoms. The molecule has 176 valence electrons. The highest BCUT2D eigenvalue weighted by Gasteiger charge is 2.36. The molecule has 11 heteroatoms. The van der Waals surface area contributed by atoms with Gasteiger partial charge in [-0.3, -0.25) is 9.48 Å². The molecule has 0 saturated heterocycles. The van der Waals surface area contributed by atoms with Crippen LogP contribution < -0.4 is 21.1 Å². The van der Waals surface area contributed by atoms with E-state index in [9.17, 15) is 18.8 Å². The molecular weight excluding hydrogens is 432 g/mol. The summed E-state index contributed by atoms with van der Waals surface area (Å²) in [6.45, 7) is -0.764. The number of halogens is 2. The van der Waals surface area contributed by atoms with Crippen molar-refractivity contribution in [1.29, 1.82) is 5.26 Å². The van der Waals surface area contributed by atoms with E-state index in [0.717, 1.165) is 18.8 Å². The van der Waals surface area contributed by atoms with Gasteiger partial charge in [-0.15, -0.1) is 0 Å². The smallest absolute Gasteiger partial charge is 0.388 e. The SMILES string of the molecule is C[C@H](N[C@@H]1CC[C@H](n2cc(C(N)=O)c(Nc3ccc(OC(F)F)nc3)n2)C(C#N)C1)C1CC1. The van der Waals surface area contributed by atoms with E-state index < -0.39 is 12.5 Å². The zero-order chi connectivity index (χ0) is 23.5. The van der Waals surface area contributed by atoms with Gasteiger partial charge >= 0.3 is 6.61 Å². The van der Waals surface area contributed by atoms with Gasteiger partial charge in [0.15, 0.2) is 5.82 Å². The Morgan fingerprint density at radius 1 is 1.33 bits per heavy atom. The van der Waals surface area contributed by atoms with Gasteiger partial charge in [0.1, 0.15) is 5.56 Å². The summed E-state index contributed by atoms with van der Waals surface area (Å²) in [5.74, 6) is -0.202. The van der Waals surface area contributed by atoms with Gasteiger partial charge in [0.2, 0.25) is 5.88 Å². The van der Waals surface area contributed by atoms with Gasteiger partial charge in [-0.25, -0.2) is 4.98 Å². The fourth-order valence-electron chi connectivity index (χ4n) is 4.45. The van der Waals surface area contributed by atoms with Crippen LogP contribution >= 0.6 is 0 Å². The molecule has 2 heterocycles. The van der Waals surface area contributed by atoms with Gasteiger partial charge in [0.05, 0.1) is 29.9 Å². The predicted octanol–water partition coefficient (Wildman–Crippen LogP) is 3.34. The minimum atomic E-state index is -2.97. The number of nitriles is 1. The molecule has 2 fully saturated rings. The zero-order valence-corrected chi connectivity index (χ0v) is 18.2. The van der Waals surface area contributed by atoms with Crippen molar-refractivity contribution in [3.8, 4) is 11.9 Å². The first kappa shape index (κ1) is 22.9. The summed E-state index contributed by atoms with van der Waals surface area (Å²) < 4.78 is 30.5. The number of primary amides is 1. The molecule has 0 radical (unpaired) electrons. The fraction of sp³-hybridized carbons (Fsp3) is 0.545. The second-order valence-corrected chi connectivity index (χ2v) is 8.73. The Labute approximate surface area is 190 Å². The lowest BCUT2D eigenvalue weighted by molar-refractivity contribution is -0.0528. The first-order valence-electron chi connectivity index (χ1n) is 11.1. The Kier molecular flexibility index (Phi) is 6.74. The average Bonchev–Trinajstić information content (AvgIpc) is 3.55. The van der Waals surface area contributed by atoms with E-state index in [2.05, 4.69) is 38.4 Å². The van der Waals surface area contributed by atoms with E-state index in [-0.39, 0.29) is 35.3 Å². The van der Waals surface area contributed by atoms with Crippen LogP contribution in [0.2, 0.25) is 0 Å². The van der Waals surface area contributed by atoms with Crippen LogP contribution in [-0.2, 0) is 0 Å². The van der Waals surface area contributed by atoms with E-state index >= 15 is 0 Å². The lowest BCUT2D eigenvalue weighted by atomic mass is 9.82. The number of pyridine rings is 1. The third-order valence-corrected chi connectivity index (χ3v) is 6.35. The maximum absolute atomic E-state index is 12.3. The Morgan fingerprint density at radius 3 is 2.73 bits per heavy atom. The monoisotopic (exact) mass is 459 g/mol. The summed E-state index contributed by atoms with van der Waals surface area (Å²) in [5.41, 5.74) is 6.13. The van der Waals surface area contributed by atoms with E-state index in [1.54, 1.807) is 10.9 Å². The third-order valence-electron chi connectivity index (χ3n) is 6.35. The number of ether oxygens (including phenoxy) is 1. The first-order valence-corrected chi connectivity index (χ1v) is 11.1. The van der Waals surface area contributed by atoms with Crippen molar-refractivity contribution in [3.63, 3.8) is 0 Å². The number of aromatic nitrogens is 3. The highest BCUT2D eigenvalue weighted by Crippen LogP contribution is 2.37. The number of anilines is 2. The Morgan fingerprint density at radius 2 is 2.12 bits per heavy atom. The van der Waals surface area contributed by atoms with Crippen molar-refractivity contribution in [3.05, 3.63) is 30.1 Å². The molecule has 2 saturated carbocycles. The summed E-state index contributed by atoms with van der Waals surface area (Å²) >= 11 is 0. The van der Waals surface area contributed by atoms with Crippen LogP contribution in [0.25, 0.3) is 0 Å². The van der Waals surface area contributed by atoms with Gasteiger partial charge in [-0.2, -0.15) is 19.1 Å². The summed E-state index contributed by atoms with van der Waals surface area (Å²) in [6.07, 6.45) is 7.74. The molecule has 4 N–H and O–H groups in total. The molecular formula is C22H27F2N7O2. The second-order valence-electron chi connectivity index (χ2n) is 8.73. The highest BCUT2D eigenvalue weighted by atomic mass is 19.3. The van der Waals surface area contributed by atoms with E-state index in [0.29, 0.717) is 18.2 Å². The van der Waals surface area contributed by atoms with Crippen LogP contribution in [0.3, 0.4) is 0 Å². The maximum atomic E-state index is 12.3. The number of nitrogens with zero attached hydrogens (tertiary/aromatic N) is 4. The number of hydrogen-bond donors (Lipinski definition) is 3. The summed E-state index contributed by atoms with van der Waals surface area (Å²) in [5, 5.41) is 20.9. The molecule has 2 aliphatic carbocycles. The number of nitrogens with one attached hydrogen (secondary N) is 2. The summed E-state index contributed by atoms with van der Waals surface area (Å²) in [4.78, 5) is 15.8. The lowest BCUT2D eigenvalue weighted by Crippen LogP contribution is -2.43. The van der Waals surface area contributed by atoms with Crippen molar-refractivity contribution in [2.45, 2.75) is 63.8 Å². The van der Waals surface area contributed by atoms with Crippen LogP contribution in [-0.4, -0.2) is 39.4 Å². The van der Waals surface area contributed by atoms with Gasteiger partial charge in [-0.05, 0) is 51.0 Å². The number of hydrogen-bond acceptors (Lipinski definition) is 7. The molecule has 0 spiro atoms. The van der Waals surface area contributed by atoms with Crippen molar-refractivity contribution in [2.75, 3.05) is 5.32 Å². The van der Waals surface area contributed by atoms with Crippen molar-refractivity contribution >= 4 is 17.4 Å². The van der Waals surface area contributed by atoms with E-state index in [1.165, 1.54) is 31.2 Å². The van der Waals surface area contributed by atoms with Gasteiger partial charge in [0.25, 0.3) is 5.91 Å². The Hall–Kier alpha value is -3.26. The molecule has 33 heavy (non-hydrogen) atoms. The molecule has 9 nitrogen and oxygen atoms in total. The minimum Gasteiger partial charge on any atom is -0.417 e. The maximum Gasteiger partial charge on any atom is 0.388 e. The zero-order valence-electron chi connectivity index (χ0n) is 18.2. The molecule has 0 aliphatic heterocycles. The number of alkyl halides is 2. The lowest BCUT2D eigenvalue weighted by Gasteiger charge is -2.34. The minimum absolute atomic E-state index is 0.169. The van der Waals surface area contributed by atoms with Crippen molar-refractivity contribution in [1.82, 2.24) is 20.1 Å². The van der Waals surface area contributed by atoms with Crippen LogP contribution in [0.1, 0.15) is 55.4 Å². The van der Waals surface area contributed by atoms with Crippen molar-refractivity contribution in [2.24, 2.45) is 17.6 Å². The average molecular weight is 460 g/mol. The summed E-state index contributed by atoms with van der Waals surface area (Å²) in [6, 6.07) is 5.72. The van der Waals surface area contributed by atoms with Crippen LogP contribution in [0, 0.1) is 23.2 Å². The first-order chi connectivity index (χ1) is 15.8. The molecule has 1 amide bonds. The quantitative estimate of drug-likeness (QED) is 0.524. The molecule has 1 unspecified atom stereocenters. The standard InChI is InChI=1S/C22H27F2N7O2/c1-12(13-2-3-13)28-15-4-6-18(14(8-15)9-25)31-11-17(20(26)32)21(30-31)29-16-5-7-19(27-10-16)33-22(23)24/h5,7,10-15,18,22,28H,2-4,6,8H2,1H3,(H2,26,32)(H,29,30)/t12-,14?,15+,18-/m0/s1. The molecule has 2 aliphatic rings. The molecule has 2 aromatic heterocycles. The van der Waals surface area contributed by atoms with Gasteiger partial charge in [-0.1, -0.05) is 0 Å². The fourth-order valence-corrected chi connectivity index (χ4v) is 4.45.